The number of hydrogen-bond donors (Lipinski definition) is 2. The van der Waals surface area contributed by atoms with Gasteiger partial charge in [-0.05, 0) is 31.3 Å². The number of benzene rings is 2. The second kappa shape index (κ2) is 8.34. The lowest BCUT2D eigenvalue weighted by Gasteiger charge is -2.31. The van der Waals surface area contributed by atoms with Crippen LogP contribution in [-0.2, 0) is 4.84 Å². The van der Waals surface area contributed by atoms with E-state index in [4.69, 9.17) is 21.4 Å². The van der Waals surface area contributed by atoms with Crippen LogP contribution in [0.3, 0.4) is 0 Å². The van der Waals surface area contributed by atoms with Gasteiger partial charge in [0.25, 0.3) is 0 Å². The molecule has 0 amide bonds. The van der Waals surface area contributed by atoms with Gasteiger partial charge in [-0.2, -0.15) is 0 Å². The summed E-state index contributed by atoms with van der Waals surface area (Å²) in [5.41, 5.74) is 4.24. The van der Waals surface area contributed by atoms with Crippen molar-refractivity contribution in [2.24, 2.45) is 10.1 Å². The third-order valence-electron chi connectivity index (χ3n) is 5.84. The summed E-state index contributed by atoms with van der Waals surface area (Å²) >= 11 is 6.22. The largest absolute Gasteiger partial charge is 0.494 e. The van der Waals surface area contributed by atoms with Gasteiger partial charge >= 0.3 is 0 Å². The minimum Gasteiger partial charge on any atom is -0.494 e. The molecule has 31 heavy (non-hydrogen) atoms. The zero-order valence-corrected chi connectivity index (χ0v) is 18.1. The van der Waals surface area contributed by atoms with Crippen molar-refractivity contribution in [3.63, 3.8) is 0 Å². The minimum atomic E-state index is 0.0361. The minimum absolute atomic E-state index is 0.0361. The van der Waals surface area contributed by atoms with E-state index in [1.165, 1.54) is 0 Å². The predicted octanol–water partition coefficient (Wildman–Crippen LogP) is 3.63. The van der Waals surface area contributed by atoms with Crippen LogP contribution in [0.25, 0.3) is 10.9 Å². The monoisotopic (exact) mass is 437 g/mol. The molecule has 160 valence electrons. The molecule has 2 N–H and O–H groups in total. The van der Waals surface area contributed by atoms with E-state index in [0.717, 1.165) is 54.9 Å². The summed E-state index contributed by atoms with van der Waals surface area (Å²) in [7, 11) is 2.14. The number of oxime groups is 1. The fraction of sp³-hybridized carbons (Fsp3) is 0.304. The quantitative estimate of drug-likeness (QED) is 0.472. The maximum absolute atomic E-state index is 10.7. The molecule has 2 aliphatic heterocycles. The van der Waals surface area contributed by atoms with Crippen molar-refractivity contribution in [2.45, 2.75) is 0 Å². The number of likely N-dealkylation sites (N-methyl/N-ethyl adjacent to an activating group) is 1. The van der Waals surface area contributed by atoms with Crippen molar-refractivity contribution < 1.29 is 9.94 Å². The number of H-pyrrole nitrogens is 1. The molecule has 1 saturated heterocycles. The molecule has 1 fully saturated rings. The third kappa shape index (κ3) is 3.92. The molecule has 1 aromatic heterocycles. The van der Waals surface area contributed by atoms with Gasteiger partial charge in [0.05, 0.1) is 11.3 Å². The summed E-state index contributed by atoms with van der Waals surface area (Å²) in [6.07, 6.45) is 0. The molecule has 0 spiro atoms. The number of aromatic amines is 1. The van der Waals surface area contributed by atoms with E-state index in [9.17, 15) is 5.11 Å². The lowest BCUT2D eigenvalue weighted by Crippen LogP contribution is -2.45. The number of para-hydroxylation sites is 1. The number of nitrogens with one attached hydrogen (secondary N) is 1. The second-order valence-corrected chi connectivity index (χ2v) is 8.37. The number of aromatic nitrogens is 1. The van der Waals surface area contributed by atoms with Crippen LogP contribution in [0.2, 0.25) is 5.02 Å². The van der Waals surface area contributed by atoms with Crippen LogP contribution in [0.4, 0.5) is 5.69 Å². The van der Waals surface area contributed by atoms with E-state index < -0.39 is 0 Å². The Labute approximate surface area is 185 Å². The summed E-state index contributed by atoms with van der Waals surface area (Å²) in [6.45, 7) is 5.54. The number of halogens is 1. The first kappa shape index (κ1) is 20.1. The van der Waals surface area contributed by atoms with E-state index in [1.807, 2.05) is 36.4 Å². The number of fused-ring (bicyclic) bond motifs is 2. The summed E-state index contributed by atoms with van der Waals surface area (Å²) in [5.74, 6) is 0.0361. The Morgan fingerprint density at radius 1 is 1.16 bits per heavy atom. The van der Waals surface area contributed by atoms with Crippen LogP contribution in [-0.4, -0.2) is 77.7 Å². The Morgan fingerprint density at radius 2 is 1.97 bits per heavy atom. The highest BCUT2D eigenvalue weighted by molar-refractivity contribution is 6.58. The summed E-state index contributed by atoms with van der Waals surface area (Å²) in [5, 5.41) is 16.5. The molecule has 0 atom stereocenters. The summed E-state index contributed by atoms with van der Waals surface area (Å²) in [6, 6.07) is 13.2. The van der Waals surface area contributed by atoms with Gasteiger partial charge in [0.1, 0.15) is 18.0 Å². The van der Waals surface area contributed by atoms with Crippen molar-refractivity contribution in [3.05, 3.63) is 58.6 Å². The van der Waals surface area contributed by atoms with Crippen molar-refractivity contribution >= 4 is 39.6 Å². The highest BCUT2D eigenvalue weighted by atomic mass is 35.5. The van der Waals surface area contributed by atoms with Crippen LogP contribution in [0.5, 0.6) is 5.88 Å². The van der Waals surface area contributed by atoms with Gasteiger partial charge in [-0.25, -0.2) is 4.99 Å². The molecule has 8 heteroatoms. The first-order valence-electron chi connectivity index (χ1n) is 10.4. The molecule has 5 rings (SSSR count). The maximum Gasteiger partial charge on any atom is 0.199 e. The average molecular weight is 438 g/mol. The van der Waals surface area contributed by atoms with E-state index in [0.29, 0.717) is 28.6 Å². The Hall–Kier alpha value is -2.87. The van der Waals surface area contributed by atoms with Gasteiger partial charge in [-0.3, -0.25) is 4.90 Å². The van der Waals surface area contributed by atoms with Gasteiger partial charge in [-0.1, -0.05) is 35.0 Å². The molecule has 0 unspecified atom stereocenters. The average Bonchev–Trinajstić information content (AvgIpc) is 3.28. The van der Waals surface area contributed by atoms with Crippen LogP contribution in [0.1, 0.15) is 11.1 Å². The van der Waals surface area contributed by atoms with Crippen molar-refractivity contribution in [2.75, 3.05) is 46.4 Å². The molecule has 2 aromatic carbocycles. The maximum atomic E-state index is 10.7. The predicted molar refractivity (Wildman–Crippen MR) is 124 cm³/mol. The second-order valence-electron chi connectivity index (χ2n) is 7.93. The molecule has 0 saturated carbocycles. The Morgan fingerprint density at radius 3 is 2.81 bits per heavy atom. The number of nitrogens with zero attached hydrogens (tertiary/aromatic N) is 4. The van der Waals surface area contributed by atoms with Crippen molar-refractivity contribution in [3.8, 4) is 5.88 Å². The zero-order chi connectivity index (χ0) is 21.4. The van der Waals surface area contributed by atoms with E-state index >= 15 is 0 Å². The Balaban J connectivity index is 1.43. The van der Waals surface area contributed by atoms with Gasteiger partial charge in [0, 0.05) is 54.2 Å². The molecule has 3 heterocycles. The highest BCUT2D eigenvalue weighted by Crippen LogP contribution is 2.36. The number of rotatable bonds is 5. The van der Waals surface area contributed by atoms with E-state index in [-0.39, 0.29) is 5.88 Å². The summed E-state index contributed by atoms with van der Waals surface area (Å²) in [4.78, 5) is 18.2. The van der Waals surface area contributed by atoms with Crippen LogP contribution in [0, 0.1) is 0 Å². The van der Waals surface area contributed by atoms with Crippen LogP contribution in [0.15, 0.2) is 52.6 Å². The number of piperazine rings is 1. The fourth-order valence-electron chi connectivity index (χ4n) is 4.08. The smallest absolute Gasteiger partial charge is 0.199 e. The topological polar surface area (TPSA) is 76.5 Å². The molecule has 2 aliphatic rings. The molecule has 0 bridgehead atoms. The van der Waals surface area contributed by atoms with Crippen molar-refractivity contribution in [1.29, 1.82) is 0 Å². The fourth-order valence-corrected chi connectivity index (χ4v) is 4.25. The zero-order valence-electron chi connectivity index (χ0n) is 17.3. The molecule has 7 nitrogen and oxygen atoms in total. The normalized spacial score (nSPS) is 18.5. The molecular formula is C23H24ClN5O2. The summed E-state index contributed by atoms with van der Waals surface area (Å²) < 4.78 is 0. The van der Waals surface area contributed by atoms with Crippen LogP contribution < -0.4 is 0 Å². The van der Waals surface area contributed by atoms with Gasteiger partial charge in [0.15, 0.2) is 5.88 Å². The Kier molecular flexibility index (Phi) is 5.40. The third-order valence-corrected chi connectivity index (χ3v) is 6.08. The van der Waals surface area contributed by atoms with E-state index in [2.05, 4.69) is 27.0 Å². The Bertz CT molecular complexity index is 1180. The van der Waals surface area contributed by atoms with Gasteiger partial charge in [0.2, 0.25) is 0 Å². The number of aliphatic imine (C=N–C) groups is 1. The lowest BCUT2D eigenvalue weighted by molar-refractivity contribution is 0.0864. The van der Waals surface area contributed by atoms with Crippen molar-refractivity contribution in [1.82, 2.24) is 14.8 Å². The van der Waals surface area contributed by atoms with Gasteiger partial charge in [-0.15, -0.1) is 0 Å². The SMILES string of the molecule is CN1CCN(CCON=C2C(c3c(O)[nH]c4ccc(Cl)cc34)=Nc3ccccc32)CC1. The first-order valence-corrected chi connectivity index (χ1v) is 10.8. The number of hydrogen-bond acceptors (Lipinski definition) is 6. The highest BCUT2D eigenvalue weighted by Gasteiger charge is 2.29. The van der Waals surface area contributed by atoms with Gasteiger partial charge < -0.3 is 19.8 Å². The molecule has 0 radical (unpaired) electrons. The van der Waals surface area contributed by atoms with Crippen LogP contribution >= 0.6 is 11.6 Å². The molecule has 3 aromatic rings. The first-order chi connectivity index (χ1) is 15.1. The molecule has 0 aliphatic carbocycles. The molecular weight excluding hydrogens is 414 g/mol. The van der Waals surface area contributed by atoms with E-state index in [1.54, 1.807) is 6.07 Å². The lowest BCUT2D eigenvalue weighted by atomic mass is 10.0. The standard InChI is InChI=1S/C23H24ClN5O2/c1-28-8-10-29(11-9-28)12-13-31-27-21-16-4-2-3-5-18(16)25-22(21)20-17-14-15(24)6-7-19(17)26-23(20)30/h2-7,14,26,30H,8-13H2,1H3. The number of aromatic hydroxyl groups is 1.